The summed E-state index contributed by atoms with van der Waals surface area (Å²) in [6.07, 6.45) is 0.761. The first-order valence-electron chi connectivity index (χ1n) is 7.44. The predicted molar refractivity (Wildman–Crippen MR) is 81.4 cm³/mol. The van der Waals surface area contributed by atoms with Gasteiger partial charge in [-0.1, -0.05) is 12.1 Å². The molecule has 0 saturated carbocycles. The number of nitrogens with one attached hydrogen (secondary N) is 1. The van der Waals surface area contributed by atoms with Gasteiger partial charge in [-0.25, -0.2) is 8.78 Å². The molecule has 2 unspecified atom stereocenters. The first-order chi connectivity index (χ1) is 9.93. The Kier molecular flexibility index (Phi) is 5.30. The van der Waals surface area contributed by atoms with Crippen LogP contribution in [0.25, 0.3) is 0 Å². The standard InChI is InChI=1S/C16H25F2N3/c1-11-5-6-13(16(18)15(11)17)14(19-2)9-12-10-20(3)7-8-21(12)4/h5-6,12,14,19H,7-10H2,1-4H3. The van der Waals surface area contributed by atoms with Crippen LogP contribution in [0.15, 0.2) is 12.1 Å². The maximum Gasteiger partial charge on any atom is 0.163 e. The summed E-state index contributed by atoms with van der Waals surface area (Å²) < 4.78 is 28.0. The molecule has 21 heavy (non-hydrogen) atoms. The van der Waals surface area contributed by atoms with Crippen LogP contribution in [0.1, 0.15) is 23.6 Å². The van der Waals surface area contributed by atoms with Gasteiger partial charge in [-0.15, -0.1) is 0 Å². The van der Waals surface area contributed by atoms with Gasteiger partial charge in [-0.3, -0.25) is 0 Å². The highest BCUT2D eigenvalue weighted by molar-refractivity contribution is 5.28. The fraction of sp³-hybridized carbons (Fsp3) is 0.625. The summed E-state index contributed by atoms with van der Waals surface area (Å²) >= 11 is 0. The highest BCUT2D eigenvalue weighted by Gasteiger charge is 2.27. The number of rotatable bonds is 4. The summed E-state index contributed by atoms with van der Waals surface area (Å²) in [6, 6.07) is 3.50. The van der Waals surface area contributed by atoms with Gasteiger partial charge >= 0.3 is 0 Å². The van der Waals surface area contributed by atoms with E-state index >= 15 is 0 Å². The van der Waals surface area contributed by atoms with Gasteiger partial charge < -0.3 is 15.1 Å². The highest BCUT2D eigenvalue weighted by atomic mass is 19.2. The first-order valence-corrected chi connectivity index (χ1v) is 7.44. The lowest BCUT2D eigenvalue weighted by Gasteiger charge is -2.39. The van der Waals surface area contributed by atoms with E-state index in [1.807, 2.05) is 0 Å². The second kappa shape index (κ2) is 6.81. The third-order valence-electron chi connectivity index (χ3n) is 4.52. The van der Waals surface area contributed by atoms with Crippen LogP contribution in [0.4, 0.5) is 8.78 Å². The summed E-state index contributed by atoms with van der Waals surface area (Å²) in [5.74, 6) is -1.46. The third kappa shape index (κ3) is 3.59. The SMILES string of the molecule is CNC(CC1CN(C)CCN1C)c1ccc(C)c(F)c1F. The van der Waals surface area contributed by atoms with E-state index < -0.39 is 11.6 Å². The first kappa shape index (κ1) is 16.3. The van der Waals surface area contributed by atoms with Crippen molar-refractivity contribution in [3.8, 4) is 0 Å². The Morgan fingerprint density at radius 3 is 2.62 bits per heavy atom. The normalized spacial score (nSPS) is 22.5. The lowest BCUT2D eigenvalue weighted by Crippen LogP contribution is -2.51. The molecule has 1 heterocycles. The summed E-state index contributed by atoms with van der Waals surface area (Å²) in [5.41, 5.74) is 0.767. The van der Waals surface area contributed by atoms with Crippen LogP contribution in [0, 0.1) is 18.6 Å². The molecule has 118 valence electrons. The average Bonchev–Trinajstić information content (AvgIpc) is 2.46. The smallest absolute Gasteiger partial charge is 0.163 e. The number of piperazine rings is 1. The Balaban J connectivity index is 2.18. The lowest BCUT2D eigenvalue weighted by atomic mass is 9.96. The third-order valence-corrected chi connectivity index (χ3v) is 4.52. The summed E-state index contributed by atoms with van der Waals surface area (Å²) in [5, 5.41) is 3.14. The zero-order valence-corrected chi connectivity index (χ0v) is 13.3. The number of halogens is 2. The Bertz CT molecular complexity index is 493. The van der Waals surface area contributed by atoms with E-state index in [0.717, 1.165) is 26.1 Å². The Morgan fingerprint density at radius 1 is 1.24 bits per heavy atom. The fourth-order valence-electron chi connectivity index (χ4n) is 2.96. The number of aryl methyl sites for hydroxylation is 1. The molecular formula is C16H25F2N3. The van der Waals surface area contributed by atoms with Gasteiger partial charge in [0.25, 0.3) is 0 Å². The highest BCUT2D eigenvalue weighted by Crippen LogP contribution is 2.26. The van der Waals surface area contributed by atoms with Crippen molar-refractivity contribution in [3.63, 3.8) is 0 Å². The van der Waals surface area contributed by atoms with Crippen molar-refractivity contribution in [2.45, 2.75) is 25.4 Å². The minimum atomic E-state index is -0.734. The van der Waals surface area contributed by atoms with Crippen molar-refractivity contribution in [1.82, 2.24) is 15.1 Å². The lowest BCUT2D eigenvalue weighted by molar-refractivity contribution is 0.101. The zero-order valence-electron chi connectivity index (χ0n) is 13.3. The number of nitrogens with zero attached hydrogens (tertiary/aromatic N) is 2. The monoisotopic (exact) mass is 297 g/mol. The van der Waals surface area contributed by atoms with Gasteiger partial charge in [0.15, 0.2) is 11.6 Å². The van der Waals surface area contributed by atoms with Gasteiger partial charge in [0.05, 0.1) is 0 Å². The van der Waals surface area contributed by atoms with E-state index in [4.69, 9.17) is 0 Å². The molecule has 1 saturated heterocycles. The van der Waals surface area contributed by atoms with E-state index in [1.54, 1.807) is 26.1 Å². The molecule has 1 aromatic rings. The number of benzene rings is 1. The molecule has 1 aliphatic rings. The van der Waals surface area contributed by atoms with E-state index in [2.05, 4.69) is 29.2 Å². The predicted octanol–water partition coefficient (Wildman–Crippen LogP) is 2.17. The summed E-state index contributed by atoms with van der Waals surface area (Å²) in [7, 11) is 5.99. The van der Waals surface area contributed by atoms with Gasteiger partial charge in [0.2, 0.25) is 0 Å². The van der Waals surface area contributed by atoms with Crippen LogP contribution < -0.4 is 5.32 Å². The van der Waals surface area contributed by atoms with Crippen molar-refractivity contribution < 1.29 is 8.78 Å². The van der Waals surface area contributed by atoms with Crippen molar-refractivity contribution in [1.29, 1.82) is 0 Å². The number of hydrogen-bond donors (Lipinski definition) is 1. The molecular weight excluding hydrogens is 272 g/mol. The van der Waals surface area contributed by atoms with E-state index in [-0.39, 0.29) is 6.04 Å². The minimum absolute atomic E-state index is 0.181. The van der Waals surface area contributed by atoms with Crippen molar-refractivity contribution in [3.05, 3.63) is 34.9 Å². The van der Waals surface area contributed by atoms with Crippen LogP contribution in [0.2, 0.25) is 0 Å². The molecule has 1 fully saturated rings. The Labute approximate surface area is 125 Å². The minimum Gasteiger partial charge on any atom is -0.313 e. The molecule has 0 radical (unpaired) electrons. The van der Waals surface area contributed by atoms with Crippen LogP contribution in [-0.4, -0.2) is 56.6 Å². The molecule has 0 amide bonds. The van der Waals surface area contributed by atoms with Crippen molar-refractivity contribution >= 4 is 0 Å². The van der Waals surface area contributed by atoms with Crippen LogP contribution in [0.3, 0.4) is 0 Å². The Hall–Kier alpha value is -1.04. The van der Waals surface area contributed by atoms with E-state index in [9.17, 15) is 8.78 Å². The topological polar surface area (TPSA) is 18.5 Å². The molecule has 1 aromatic carbocycles. The molecule has 1 aliphatic heterocycles. The van der Waals surface area contributed by atoms with Gasteiger partial charge in [-0.2, -0.15) is 0 Å². The maximum absolute atomic E-state index is 14.2. The van der Waals surface area contributed by atoms with E-state index in [0.29, 0.717) is 17.2 Å². The van der Waals surface area contributed by atoms with Crippen molar-refractivity contribution in [2.75, 3.05) is 40.8 Å². The van der Waals surface area contributed by atoms with Gasteiger partial charge in [-0.05, 0) is 40.1 Å². The average molecular weight is 297 g/mol. The molecule has 1 N–H and O–H groups in total. The molecule has 3 nitrogen and oxygen atoms in total. The molecule has 0 aliphatic carbocycles. The summed E-state index contributed by atoms with van der Waals surface area (Å²) in [6.45, 7) is 4.58. The molecule has 2 rings (SSSR count). The second-order valence-electron chi connectivity index (χ2n) is 6.07. The largest absolute Gasteiger partial charge is 0.313 e. The quantitative estimate of drug-likeness (QED) is 0.919. The van der Waals surface area contributed by atoms with E-state index in [1.165, 1.54) is 0 Å². The van der Waals surface area contributed by atoms with Gasteiger partial charge in [0.1, 0.15) is 0 Å². The Morgan fingerprint density at radius 2 is 1.95 bits per heavy atom. The fourth-order valence-corrected chi connectivity index (χ4v) is 2.96. The van der Waals surface area contributed by atoms with Crippen molar-refractivity contribution in [2.24, 2.45) is 0 Å². The van der Waals surface area contributed by atoms with Gasteiger partial charge in [0, 0.05) is 37.3 Å². The molecule has 2 atom stereocenters. The summed E-state index contributed by atoms with van der Waals surface area (Å²) in [4.78, 5) is 4.58. The molecule has 0 aromatic heterocycles. The molecule has 0 spiro atoms. The van der Waals surface area contributed by atoms with Crippen LogP contribution in [0.5, 0.6) is 0 Å². The molecule has 5 heteroatoms. The number of likely N-dealkylation sites (N-methyl/N-ethyl adjacent to an activating group) is 2. The molecule has 0 bridgehead atoms. The maximum atomic E-state index is 14.2. The van der Waals surface area contributed by atoms with Crippen LogP contribution >= 0.6 is 0 Å². The number of hydrogen-bond acceptors (Lipinski definition) is 3. The second-order valence-corrected chi connectivity index (χ2v) is 6.07. The van der Waals surface area contributed by atoms with Crippen LogP contribution in [-0.2, 0) is 0 Å². The zero-order chi connectivity index (χ0) is 15.6.